The number of hydrogen-bond donors (Lipinski definition) is 1. The SMILES string of the molecule is CCCS(=O)(=O)C(C)(C)C(=O)O. The standard InChI is InChI=1S/C7H14O4S/c1-4-5-12(10,11)7(2,3)6(8)9/h4-5H2,1-3H3,(H,8,9). The summed E-state index contributed by atoms with van der Waals surface area (Å²) in [7, 11) is -3.51. The Hall–Kier alpha value is -0.580. The predicted molar refractivity (Wildman–Crippen MR) is 45.8 cm³/mol. The van der Waals surface area contributed by atoms with E-state index >= 15 is 0 Å². The lowest BCUT2D eigenvalue weighted by atomic mass is 10.2. The number of carboxylic acids is 1. The highest BCUT2D eigenvalue weighted by molar-refractivity contribution is 7.93. The maximum atomic E-state index is 11.3. The van der Waals surface area contributed by atoms with E-state index in [1.54, 1.807) is 6.92 Å². The fourth-order valence-corrected chi connectivity index (χ4v) is 1.97. The van der Waals surface area contributed by atoms with E-state index in [9.17, 15) is 13.2 Å². The molecule has 0 heterocycles. The second-order valence-corrected chi connectivity index (χ2v) is 5.79. The second kappa shape index (κ2) is 3.43. The molecule has 4 nitrogen and oxygen atoms in total. The highest BCUT2D eigenvalue weighted by atomic mass is 32.2. The van der Waals surface area contributed by atoms with Crippen molar-refractivity contribution in [2.45, 2.75) is 31.9 Å². The molecule has 0 radical (unpaired) electrons. The third-order valence-electron chi connectivity index (χ3n) is 1.77. The van der Waals surface area contributed by atoms with Crippen molar-refractivity contribution in [3.63, 3.8) is 0 Å². The molecule has 0 aromatic rings. The van der Waals surface area contributed by atoms with E-state index in [2.05, 4.69) is 0 Å². The molecule has 0 aromatic carbocycles. The molecule has 0 saturated heterocycles. The average Bonchev–Trinajstić information content (AvgIpc) is 1.86. The summed E-state index contributed by atoms with van der Waals surface area (Å²) in [6, 6.07) is 0. The van der Waals surface area contributed by atoms with Crippen LogP contribution in [0.25, 0.3) is 0 Å². The van der Waals surface area contributed by atoms with Crippen molar-refractivity contribution in [1.82, 2.24) is 0 Å². The summed E-state index contributed by atoms with van der Waals surface area (Å²) in [4.78, 5) is 10.6. The Kier molecular flexibility index (Phi) is 3.26. The van der Waals surface area contributed by atoms with Crippen LogP contribution in [0.2, 0.25) is 0 Å². The van der Waals surface area contributed by atoms with Crippen molar-refractivity contribution in [3.8, 4) is 0 Å². The molecule has 72 valence electrons. The fraction of sp³-hybridized carbons (Fsp3) is 0.857. The minimum absolute atomic E-state index is 0.0771. The number of aliphatic carboxylic acids is 1. The summed E-state index contributed by atoms with van der Waals surface area (Å²) in [6.45, 7) is 4.12. The molecule has 0 spiro atoms. The van der Waals surface area contributed by atoms with Crippen LogP contribution >= 0.6 is 0 Å². The molecule has 0 bridgehead atoms. The van der Waals surface area contributed by atoms with E-state index in [4.69, 9.17) is 5.11 Å². The van der Waals surface area contributed by atoms with Gasteiger partial charge in [-0.15, -0.1) is 0 Å². The van der Waals surface area contributed by atoms with Gasteiger partial charge in [-0.3, -0.25) is 4.79 Å². The quantitative estimate of drug-likeness (QED) is 0.714. The van der Waals surface area contributed by atoms with Crippen LogP contribution in [0.15, 0.2) is 0 Å². The fourth-order valence-electron chi connectivity index (χ4n) is 0.657. The zero-order valence-electron chi connectivity index (χ0n) is 7.49. The third kappa shape index (κ3) is 1.97. The van der Waals surface area contributed by atoms with Gasteiger partial charge in [0.2, 0.25) is 0 Å². The van der Waals surface area contributed by atoms with Crippen molar-refractivity contribution < 1.29 is 18.3 Å². The van der Waals surface area contributed by atoms with Gasteiger partial charge < -0.3 is 5.11 Å². The molecule has 0 amide bonds. The van der Waals surface area contributed by atoms with Gasteiger partial charge in [0.25, 0.3) is 0 Å². The van der Waals surface area contributed by atoms with Gasteiger partial charge >= 0.3 is 5.97 Å². The van der Waals surface area contributed by atoms with Crippen LogP contribution in [-0.4, -0.2) is 30.0 Å². The maximum absolute atomic E-state index is 11.3. The van der Waals surface area contributed by atoms with Gasteiger partial charge in [0.1, 0.15) is 0 Å². The van der Waals surface area contributed by atoms with Gasteiger partial charge in [-0.25, -0.2) is 8.42 Å². The van der Waals surface area contributed by atoms with Crippen molar-refractivity contribution in [2.75, 3.05) is 5.75 Å². The molecule has 0 fully saturated rings. The first kappa shape index (κ1) is 11.4. The Morgan fingerprint density at radius 1 is 1.42 bits per heavy atom. The molecular weight excluding hydrogens is 180 g/mol. The van der Waals surface area contributed by atoms with Crippen LogP contribution in [0.1, 0.15) is 27.2 Å². The van der Waals surface area contributed by atoms with Crippen LogP contribution in [0.4, 0.5) is 0 Å². The van der Waals surface area contributed by atoms with E-state index < -0.39 is 20.6 Å². The number of carbonyl (C=O) groups is 1. The highest BCUT2D eigenvalue weighted by Crippen LogP contribution is 2.18. The second-order valence-electron chi connectivity index (χ2n) is 3.13. The Morgan fingerprint density at radius 3 is 2.08 bits per heavy atom. The van der Waals surface area contributed by atoms with Crippen molar-refractivity contribution in [2.24, 2.45) is 0 Å². The molecule has 0 aromatic heterocycles. The number of sulfone groups is 1. The average molecular weight is 194 g/mol. The summed E-state index contributed by atoms with van der Waals surface area (Å²) in [5.74, 6) is -1.37. The minimum atomic E-state index is -3.51. The number of hydrogen-bond acceptors (Lipinski definition) is 3. The van der Waals surface area contributed by atoms with Gasteiger partial charge in [0.05, 0.1) is 5.75 Å². The van der Waals surface area contributed by atoms with Crippen LogP contribution < -0.4 is 0 Å². The van der Waals surface area contributed by atoms with E-state index in [1.807, 2.05) is 0 Å². The van der Waals surface area contributed by atoms with Crippen LogP contribution in [0.3, 0.4) is 0 Å². The Morgan fingerprint density at radius 2 is 1.83 bits per heavy atom. The summed E-state index contributed by atoms with van der Waals surface area (Å²) >= 11 is 0. The van der Waals surface area contributed by atoms with E-state index in [-0.39, 0.29) is 5.75 Å². The van der Waals surface area contributed by atoms with Crippen molar-refractivity contribution >= 4 is 15.8 Å². The molecule has 5 heteroatoms. The normalized spacial score (nSPS) is 12.9. The lowest BCUT2D eigenvalue weighted by Crippen LogP contribution is -2.41. The Labute approximate surface area is 72.5 Å². The topological polar surface area (TPSA) is 71.4 Å². The van der Waals surface area contributed by atoms with Crippen LogP contribution in [0.5, 0.6) is 0 Å². The molecule has 0 atom stereocenters. The minimum Gasteiger partial charge on any atom is -0.480 e. The first-order valence-corrected chi connectivity index (χ1v) is 5.36. The van der Waals surface area contributed by atoms with Crippen LogP contribution in [-0.2, 0) is 14.6 Å². The molecule has 0 saturated carbocycles. The molecule has 1 N–H and O–H groups in total. The molecule has 0 rings (SSSR count). The monoisotopic (exact) mass is 194 g/mol. The molecule has 12 heavy (non-hydrogen) atoms. The van der Waals surface area contributed by atoms with Gasteiger partial charge in [-0.1, -0.05) is 6.92 Å². The lowest BCUT2D eigenvalue weighted by molar-refractivity contribution is -0.139. The summed E-state index contributed by atoms with van der Waals surface area (Å²) < 4.78 is 21.0. The Balaban J connectivity index is 4.90. The zero-order chi connectivity index (χ0) is 9.99. The largest absolute Gasteiger partial charge is 0.480 e. The van der Waals surface area contributed by atoms with Gasteiger partial charge in [-0.05, 0) is 20.3 Å². The molecule has 0 aliphatic carbocycles. The Bertz CT molecular complexity index is 263. The molecule has 0 unspecified atom stereocenters. The lowest BCUT2D eigenvalue weighted by Gasteiger charge is -2.18. The van der Waals surface area contributed by atoms with E-state index in [1.165, 1.54) is 13.8 Å². The first-order chi connectivity index (χ1) is 5.25. The van der Waals surface area contributed by atoms with Gasteiger partial charge in [0, 0.05) is 0 Å². The molecule has 0 aliphatic heterocycles. The van der Waals surface area contributed by atoms with Gasteiger partial charge in [-0.2, -0.15) is 0 Å². The first-order valence-electron chi connectivity index (χ1n) is 3.71. The van der Waals surface area contributed by atoms with E-state index in [0.717, 1.165) is 0 Å². The third-order valence-corrected chi connectivity index (χ3v) is 4.44. The van der Waals surface area contributed by atoms with E-state index in [0.29, 0.717) is 6.42 Å². The highest BCUT2D eigenvalue weighted by Gasteiger charge is 2.40. The summed E-state index contributed by atoms with van der Waals surface area (Å²) in [5.41, 5.74) is 0. The smallest absolute Gasteiger partial charge is 0.324 e. The number of rotatable bonds is 4. The van der Waals surface area contributed by atoms with Crippen LogP contribution in [0, 0.1) is 0 Å². The van der Waals surface area contributed by atoms with Gasteiger partial charge in [0.15, 0.2) is 14.6 Å². The summed E-state index contributed by atoms with van der Waals surface area (Å²) in [5, 5.41) is 8.62. The number of carboxylic acid groups (broad SMARTS) is 1. The van der Waals surface area contributed by atoms with Crippen molar-refractivity contribution in [1.29, 1.82) is 0 Å². The maximum Gasteiger partial charge on any atom is 0.324 e. The predicted octanol–water partition coefficient (Wildman–Crippen LogP) is 0.674. The molecule has 0 aliphatic rings. The zero-order valence-corrected chi connectivity index (χ0v) is 8.31. The molecular formula is C7H14O4S. The summed E-state index contributed by atoms with van der Waals surface area (Å²) in [6.07, 6.45) is 0.443. The van der Waals surface area contributed by atoms with Crippen molar-refractivity contribution in [3.05, 3.63) is 0 Å².